The summed E-state index contributed by atoms with van der Waals surface area (Å²) in [4.78, 5) is 21.6. The zero-order valence-corrected chi connectivity index (χ0v) is 20.3. The third-order valence-corrected chi connectivity index (χ3v) is 6.47. The summed E-state index contributed by atoms with van der Waals surface area (Å²) < 4.78 is 7.41. The minimum Gasteiger partial charge on any atom is -0.497 e. The number of pyridine rings is 1. The molecule has 0 aliphatic carbocycles. The Labute approximate surface area is 205 Å². The van der Waals surface area contributed by atoms with Crippen LogP contribution in [0.2, 0.25) is 0 Å². The summed E-state index contributed by atoms with van der Waals surface area (Å²) in [7, 11) is 5.65. The van der Waals surface area contributed by atoms with Gasteiger partial charge in [0.15, 0.2) is 5.65 Å². The molecule has 1 saturated heterocycles. The van der Waals surface area contributed by atoms with E-state index >= 15 is 0 Å². The third kappa shape index (κ3) is 4.64. The van der Waals surface area contributed by atoms with Gasteiger partial charge in [0.2, 0.25) is 0 Å². The zero-order valence-electron chi connectivity index (χ0n) is 20.3. The number of likely N-dealkylation sites (tertiary alicyclic amines) is 1. The van der Waals surface area contributed by atoms with Crippen molar-refractivity contribution >= 4 is 28.4 Å². The molecule has 0 saturated carbocycles. The molecule has 2 aromatic heterocycles. The molecule has 5 rings (SSSR count). The molecule has 2 amide bonds. The maximum Gasteiger partial charge on any atom is 0.321 e. The van der Waals surface area contributed by atoms with Crippen LogP contribution in [-0.2, 0) is 0 Å². The largest absolute Gasteiger partial charge is 0.497 e. The lowest BCUT2D eigenvalue weighted by molar-refractivity contribution is 0.176. The number of ether oxygens (including phenoxy) is 1. The molecule has 1 N–H and O–H groups in total. The number of methoxy groups -OCH3 is 1. The summed E-state index contributed by atoms with van der Waals surface area (Å²) in [6.45, 7) is 1.29. The first-order valence-corrected chi connectivity index (χ1v) is 11.8. The molecular weight excluding hydrogens is 440 g/mol. The van der Waals surface area contributed by atoms with Gasteiger partial charge in [-0.2, -0.15) is 5.10 Å². The minimum atomic E-state index is -0.0928. The molecule has 1 aliphatic heterocycles. The number of urea groups is 1. The fourth-order valence-electron chi connectivity index (χ4n) is 4.60. The molecule has 35 heavy (non-hydrogen) atoms. The van der Waals surface area contributed by atoms with Crippen LogP contribution < -0.4 is 15.0 Å². The Morgan fingerprint density at radius 3 is 2.71 bits per heavy atom. The molecule has 4 aromatic rings. The number of anilines is 2. The van der Waals surface area contributed by atoms with Crippen LogP contribution in [0.5, 0.6) is 5.75 Å². The number of nitrogens with one attached hydrogen (secondary N) is 1. The van der Waals surface area contributed by atoms with E-state index in [0.717, 1.165) is 52.3 Å². The molecular formula is C27H30N6O2. The number of benzene rings is 2. The molecule has 0 spiro atoms. The molecule has 3 heterocycles. The van der Waals surface area contributed by atoms with Crippen molar-refractivity contribution in [3.8, 4) is 17.0 Å². The predicted molar refractivity (Wildman–Crippen MR) is 139 cm³/mol. The van der Waals surface area contributed by atoms with Gasteiger partial charge in [-0.15, -0.1) is 0 Å². The second-order valence-electron chi connectivity index (χ2n) is 9.01. The normalized spacial score (nSPS) is 15.7. The van der Waals surface area contributed by atoms with Crippen molar-refractivity contribution in [1.82, 2.24) is 19.7 Å². The van der Waals surface area contributed by atoms with E-state index in [0.29, 0.717) is 13.1 Å². The smallest absolute Gasteiger partial charge is 0.321 e. The molecule has 0 radical (unpaired) electrons. The molecule has 1 fully saturated rings. The molecule has 1 aliphatic rings. The standard InChI is InChI=1S/C27H30N6O2/c1-31(2)21-13-11-20(12-14-21)29-27(34)32-16-6-8-22(18-32)33-26-24(10-5-15-28-26)25(30-33)19-7-4-9-23(17-19)35-3/h4-5,7,9-15,17,22H,6,8,16,18H2,1-3H3,(H,29,34). The average Bonchev–Trinajstić information content (AvgIpc) is 3.29. The maximum atomic E-state index is 13.1. The van der Waals surface area contributed by atoms with Gasteiger partial charge in [-0.05, 0) is 61.4 Å². The van der Waals surface area contributed by atoms with Gasteiger partial charge in [0.05, 0.1) is 13.2 Å². The number of aromatic nitrogens is 3. The van der Waals surface area contributed by atoms with Crippen LogP contribution in [0.15, 0.2) is 66.9 Å². The summed E-state index contributed by atoms with van der Waals surface area (Å²) in [6, 6.07) is 19.7. The average molecular weight is 471 g/mol. The molecule has 1 atom stereocenters. The second-order valence-corrected chi connectivity index (χ2v) is 9.01. The van der Waals surface area contributed by atoms with Crippen molar-refractivity contribution in [2.45, 2.75) is 18.9 Å². The Balaban J connectivity index is 1.39. The third-order valence-electron chi connectivity index (χ3n) is 6.47. The van der Waals surface area contributed by atoms with Gasteiger partial charge in [0, 0.05) is 55.7 Å². The molecule has 1 unspecified atom stereocenters. The van der Waals surface area contributed by atoms with Crippen LogP contribution >= 0.6 is 0 Å². The van der Waals surface area contributed by atoms with Gasteiger partial charge in [0.1, 0.15) is 11.4 Å². The number of piperidine rings is 1. The Hall–Kier alpha value is -4.07. The van der Waals surface area contributed by atoms with E-state index < -0.39 is 0 Å². The topological polar surface area (TPSA) is 75.5 Å². The number of nitrogens with zero attached hydrogens (tertiary/aromatic N) is 5. The highest BCUT2D eigenvalue weighted by Gasteiger charge is 2.28. The second kappa shape index (κ2) is 9.66. The number of fused-ring (bicyclic) bond motifs is 1. The monoisotopic (exact) mass is 470 g/mol. The van der Waals surface area contributed by atoms with Crippen molar-refractivity contribution in [1.29, 1.82) is 0 Å². The number of hydrogen-bond donors (Lipinski definition) is 1. The SMILES string of the molecule is COc1cccc(-c2nn(C3CCCN(C(=O)Nc4ccc(N(C)C)cc4)C3)c3ncccc23)c1. The summed E-state index contributed by atoms with van der Waals surface area (Å²) in [5, 5.41) is 9.03. The van der Waals surface area contributed by atoms with Crippen LogP contribution in [0.1, 0.15) is 18.9 Å². The molecule has 8 nitrogen and oxygen atoms in total. The number of carbonyl (C=O) groups is 1. The lowest BCUT2D eigenvalue weighted by Crippen LogP contribution is -2.43. The fraction of sp³-hybridized carbons (Fsp3) is 0.296. The van der Waals surface area contributed by atoms with Gasteiger partial charge < -0.3 is 19.9 Å². The van der Waals surface area contributed by atoms with E-state index in [1.54, 1.807) is 13.3 Å². The van der Waals surface area contributed by atoms with E-state index in [4.69, 9.17) is 9.84 Å². The summed E-state index contributed by atoms with van der Waals surface area (Å²) >= 11 is 0. The van der Waals surface area contributed by atoms with Gasteiger partial charge in [-0.1, -0.05) is 12.1 Å². The highest BCUT2D eigenvalue weighted by Crippen LogP contribution is 2.33. The first-order chi connectivity index (χ1) is 17.0. The van der Waals surface area contributed by atoms with Crippen LogP contribution in [-0.4, -0.2) is 60.0 Å². The van der Waals surface area contributed by atoms with Crippen LogP contribution in [0.4, 0.5) is 16.2 Å². The lowest BCUT2D eigenvalue weighted by Gasteiger charge is -2.33. The predicted octanol–water partition coefficient (Wildman–Crippen LogP) is 5.04. The van der Waals surface area contributed by atoms with Crippen molar-refractivity contribution in [2.24, 2.45) is 0 Å². The summed E-state index contributed by atoms with van der Waals surface area (Å²) in [6.07, 6.45) is 3.63. The first kappa shape index (κ1) is 22.7. The number of hydrogen-bond acceptors (Lipinski definition) is 5. The van der Waals surface area contributed by atoms with Crippen LogP contribution in [0, 0.1) is 0 Å². The maximum absolute atomic E-state index is 13.1. The van der Waals surface area contributed by atoms with E-state index in [1.165, 1.54) is 0 Å². The van der Waals surface area contributed by atoms with Crippen molar-refractivity contribution in [2.75, 3.05) is 44.5 Å². The van der Waals surface area contributed by atoms with E-state index in [1.807, 2.05) is 89.2 Å². The Kier molecular flexibility index (Phi) is 6.27. The van der Waals surface area contributed by atoms with Crippen LogP contribution in [0.25, 0.3) is 22.3 Å². The first-order valence-electron chi connectivity index (χ1n) is 11.8. The highest BCUT2D eigenvalue weighted by molar-refractivity contribution is 5.92. The van der Waals surface area contributed by atoms with Gasteiger partial charge in [0.25, 0.3) is 0 Å². The zero-order chi connectivity index (χ0) is 24.4. The fourth-order valence-corrected chi connectivity index (χ4v) is 4.60. The lowest BCUT2D eigenvalue weighted by atomic mass is 10.1. The molecule has 8 heteroatoms. The number of amides is 2. The van der Waals surface area contributed by atoms with E-state index in [9.17, 15) is 4.79 Å². The molecule has 2 aromatic carbocycles. The van der Waals surface area contributed by atoms with Crippen molar-refractivity contribution < 1.29 is 9.53 Å². The Morgan fingerprint density at radius 1 is 1.11 bits per heavy atom. The van der Waals surface area contributed by atoms with Crippen LogP contribution in [0.3, 0.4) is 0 Å². The molecule has 180 valence electrons. The van der Waals surface area contributed by atoms with Gasteiger partial charge >= 0.3 is 6.03 Å². The summed E-state index contributed by atoms with van der Waals surface area (Å²) in [5.41, 5.74) is 4.55. The van der Waals surface area contributed by atoms with E-state index in [2.05, 4.69) is 10.3 Å². The van der Waals surface area contributed by atoms with Gasteiger partial charge in [-0.3, -0.25) is 0 Å². The minimum absolute atomic E-state index is 0.0439. The molecule has 0 bridgehead atoms. The van der Waals surface area contributed by atoms with Crippen molar-refractivity contribution in [3.63, 3.8) is 0 Å². The van der Waals surface area contributed by atoms with Crippen molar-refractivity contribution in [3.05, 3.63) is 66.9 Å². The Bertz CT molecular complexity index is 1330. The van der Waals surface area contributed by atoms with Gasteiger partial charge in [-0.25, -0.2) is 14.5 Å². The summed E-state index contributed by atoms with van der Waals surface area (Å²) in [5.74, 6) is 0.785. The number of rotatable bonds is 5. The Morgan fingerprint density at radius 2 is 1.94 bits per heavy atom. The number of carbonyl (C=O) groups excluding carboxylic acids is 1. The van der Waals surface area contributed by atoms with E-state index in [-0.39, 0.29) is 12.1 Å². The quantitative estimate of drug-likeness (QED) is 0.442. The highest BCUT2D eigenvalue weighted by atomic mass is 16.5.